The van der Waals surface area contributed by atoms with Gasteiger partial charge in [-0.25, -0.2) is 19.4 Å². The fourth-order valence-electron chi connectivity index (χ4n) is 4.14. The number of carbonyl (C=O) groups excluding carboxylic acids is 1. The van der Waals surface area contributed by atoms with Gasteiger partial charge in [-0.1, -0.05) is 6.07 Å². The van der Waals surface area contributed by atoms with Crippen LogP contribution in [-0.4, -0.2) is 48.7 Å². The summed E-state index contributed by atoms with van der Waals surface area (Å²) < 4.78 is 28.4. The molecule has 144 valence electrons. The van der Waals surface area contributed by atoms with Crippen molar-refractivity contribution in [2.45, 2.75) is 29.8 Å². The van der Waals surface area contributed by atoms with Crippen molar-refractivity contribution in [2.75, 3.05) is 24.0 Å². The van der Waals surface area contributed by atoms with Crippen LogP contribution in [0.1, 0.15) is 12.8 Å². The number of likely N-dealkylation sites (tertiary alicyclic amines) is 1. The molecule has 2 bridgehead atoms. The van der Waals surface area contributed by atoms with E-state index in [0.717, 1.165) is 12.8 Å². The molecule has 2 unspecified atom stereocenters. The van der Waals surface area contributed by atoms with E-state index >= 15 is 0 Å². The van der Waals surface area contributed by atoms with Gasteiger partial charge in [-0.3, -0.25) is 10.2 Å². The maximum atomic E-state index is 13.4. The quantitative estimate of drug-likeness (QED) is 0.448. The summed E-state index contributed by atoms with van der Waals surface area (Å²) in [5, 5.41) is 0. The van der Waals surface area contributed by atoms with E-state index in [-0.39, 0.29) is 22.9 Å². The average molecular weight is 393 g/mol. The normalized spacial score (nSPS) is 26.5. The van der Waals surface area contributed by atoms with Gasteiger partial charge in [0.1, 0.15) is 16.3 Å². The van der Waals surface area contributed by atoms with E-state index in [1.165, 1.54) is 0 Å². The monoisotopic (exact) mass is 393 g/mol. The number of para-hydroxylation sites is 1. The highest BCUT2D eigenvalue weighted by molar-refractivity contribution is 7.89. The molecule has 11 nitrogen and oxygen atoms in total. The lowest BCUT2D eigenvalue weighted by molar-refractivity contribution is -0.129. The molecule has 2 atom stereocenters. The minimum Gasteiger partial charge on any atom is -0.334 e. The van der Waals surface area contributed by atoms with Gasteiger partial charge < -0.3 is 10.3 Å². The number of anilines is 2. The van der Waals surface area contributed by atoms with Crippen LogP contribution in [-0.2, 0) is 19.8 Å². The predicted octanol–water partition coefficient (Wildman–Crippen LogP) is -0.812. The third kappa shape index (κ3) is 2.52. The van der Waals surface area contributed by atoms with Gasteiger partial charge in [-0.15, -0.1) is 0 Å². The molecule has 27 heavy (non-hydrogen) atoms. The Kier molecular flexibility index (Phi) is 3.69. The minimum atomic E-state index is -3.73. The van der Waals surface area contributed by atoms with E-state index in [9.17, 15) is 13.2 Å². The smallest absolute Gasteiger partial charge is 0.273 e. The van der Waals surface area contributed by atoms with E-state index in [1.54, 1.807) is 33.6 Å². The Morgan fingerprint density at radius 3 is 2.63 bits per heavy atom. The molecular formula is C15H19N7O4S. The van der Waals surface area contributed by atoms with Gasteiger partial charge in [0.05, 0.1) is 5.69 Å². The van der Waals surface area contributed by atoms with Crippen LogP contribution in [0.3, 0.4) is 0 Å². The Morgan fingerprint density at radius 1 is 1.15 bits per heavy atom. The Balaban J connectivity index is 1.43. The lowest BCUT2D eigenvalue weighted by atomic mass is 10.2. The maximum Gasteiger partial charge on any atom is 0.273 e. The number of hydrogen-bond donors (Lipinski definition) is 5. The predicted molar refractivity (Wildman–Crippen MR) is 94.7 cm³/mol. The molecule has 0 spiro atoms. The molecule has 4 aliphatic rings. The lowest BCUT2D eigenvalue weighted by Gasteiger charge is -2.40. The Hall–Kier alpha value is -2.54. The van der Waals surface area contributed by atoms with Crippen LogP contribution in [0.5, 0.6) is 0 Å². The largest absolute Gasteiger partial charge is 0.334 e. The number of sulfonamides is 1. The third-order valence-electron chi connectivity index (χ3n) is 5.31. The van der Waals surface area contributed by atoms with Crippen molar-refractivity contribution in [1.82, 2.24) is 25.6 Å². The second-order valence-electron chi connectivity index (χ2n) is 6.87. The topological polar surface area (TPSA) is 127 Å². The van der Waals surface area contributed by atoms with E-state index in [2.05, 4.69) is 27.3 Å². The van der Waals surface area contributed by atoms with Crippen molar-refractivity contribution in [3.05, 3.63) is 30.1 Å². The number of rotatable bonds is 3. The molecule has 5 N–H and O–H groups in total. The fourth-order valence-corrected chi connectivity index (χ4v) is 6.15. The van der Waals surface area contributed by atoms with Crippen LogP contribution in [0.2, 0.25) is 0 Å². The molecule has 4 aliphatic heterocycles. The van der Waals surface area contributed by atoms with Gasteiger partial charge in [0.15, 0.2) is 0 Å². The van der Waals surface area contributed by atoms with Crippen molar-refractivity contribution in [3.63, 3.8) is 0 Å². The van der Waals surface area contributed by atoms with Crippen LogP contribution < -0.4 is 27.3 Å². The molecule has 4 heterocycles. The molecule has 5 rings (SSSR count). The summed E-state index contributed by atoms with van der Waals surface area (Å²) in [6, 6.07) is 4.50. The number of hydrogen-bond acceptors (Lipinski definition) is 9. The van der Waals surface area contributed by atoms with Crippen LogP contribution in [0.4, 0.5) is 11.4 Å². The molecular weight excluding hydrogens is 374 g/mol. The van der Waals surface area contributed by atoms with Crippen molar-refractivity contribution in [1.29, 1.82) is 0 Å². The zero-order valence-electron chi connectivity index (χ0n) is 14.2. The first kappa shape index (κ1) is 16.6. The number of amides is 1. The minimum absolute atomic E-state index is 0.152. The number of hydrazine groups is 2. The summed E-state index contributed by atoms with van der Waals surface area (Å²) >= 11 is 0. The molecule has 0 aliphatic carbocycles. The van der Waals surface area contributed by atoms with Crippen LogP contribution in [0.15, 0.2) is 35.0 Å². The van der Waals surface area contributed by atoms with Crippen molar-refractivity contribution in [2.24, 2.45) is 0 Å². The van der Waals surface area contributed by atoms with Crippen LogP contribution in [0, 0.1) is 0 Å². The molecule has 2 saturated heterocycles. The second kappa shape index (κ2) is 5.99. The highest BCUT2D eigenvalue weighted by Gasteiger charge is 2.49. The third-order valence-corrected chi connectivity index (χ3v) is 7.36. The van der Waals surface area contributed by atoms with E-state index in [0.29, 0.717) is 30.2 Å². The Morgan fingerprint density at radius 2 is 1.93 bits per heavy atom. The Bertz CT molecular complexity index is 920. The number of carbonyl (C=O) groups is 1. The highest BCUT2D eigenvalue weighted by atomic mass is 32.2. The average Bonchev–Trinajstić information content (AvgIpc) is 3.40. The van der Waals surface area contributed by atoms with Crippen LogP contribution >= 0.6 is 0 Å². The van der Waals surface area contributed by atoms with Crippen molar-refractivity contribution < 1.29 is 18.2 Å². The van der Waals surface area contributed by atoms with Gasteiger partial charge in [0.2, 0.25) is 10.0 Å². The summed E-state index contributed by atoms with van der Waals surface area (Å²) in [5.74, 6) is -0.152. The number of benzene rings is 1. The first-order chi connectivity index (χ1) is 13.1. The van der Waals surface area contributed by atoms with E-state index in [1.807, 2.05) is 0 Å². The zero-order chi connectivity index (χ0) is 18.6. The standard InChI is InChI=1S/C15H19N7O4S/c23-15(12-6-16-20-17-12)21-7-9-4-5-10(8-21)22(9)27(24,25)13-3-1-2-11-14(13)19-26-18-11/h1-3,6,9-10,16-20H,4-5,7-8H2. The SMILES string of the molecule is O=C(C1=CNNN1)N1CC2CCC(C1)N2S(=O)(=O)c1cccc2c1NON2. The highest BCUT2D eigenvalue weighted by Crippen LogP contribution is 2.40. The van der Waals surface area contributed by atoms with Gasteiger partial charge in [-0.05, 0) is 25.0 Å². The van der Waals surface area contributed by atoms with Gasteiger partial charge in [-0.2, -0.15) is 14.8 Å². The first-order valence-corrected chi connectivity index (χ1v) is 10.1. The second-order valence-corrected chi connectivity index (χ2v) is 8.68. The molecule has 0 saturated carbocycles. The molecule has 1 aromatic carbocycles. The number of piperazine rings is 1. The summed E-state index contributed by atoms with van der Waals surface area (Å²) in [7, 11) is -3.73. The first-order valence-electron chi connectivity index (χ1n) is 8.66. The van der Waals surface area contributed by atoms with Crippen LogP contribution in [0.25, 0.3) is 0 Å². The summed E-state index contributed by atoms with van der Waals surface area (Å²) in [6.07, 6.45) is 3.01. The number of nitrogens with zero attached hydrogens (tertiary/aromatic N) is 2. The lowest BCUT2D eigenvalue weighted by Crippen LogP contribution is -2.57. The maximum absolute atomic E-state index is 13.4. The van der Waals surface area contributed by atoms with Crippen molar-refractivity contribution in [3.8, 4) is 0 Å². The number of fused-ring (bicyclic) bond motifs is 3. The van der Waals surface area contributed by atoms with E-state index in [4.69, 9.17) is 4.94 Å². The molecule has 2 fully saturated rings. The summed E-state index contributed by atoms with van der Waals surface area (Å²) in [4.78, 5) is 19.4. The number of nitrogens with one attached hydrogen (secondary N) is 5. The molecule has 1 amide bonds. The van der Waals surface area contributed by atoms with E-state index < -0.39 is 10.0 Å². The van der Waals surface area contributed by atoms with Gasteiger partial charge in [0.25, 0.3) is 5.91 Å². The summed E-state index contributed by atoms with van der Waals surface area (Å²) in [5.41, 5.74) is 14.7. The fraction of sp³-hybridized carbons (Fsp3) is 0.400. The van der Waals surface area contributed by atoms with Gasteiger partial charge in [0, 0.05) is 31.4 Å². The van der Waals surface area contributed by atoms with Gasteiger partial charge >= 0.3 is 0 Å². The molecule has 12 heteroatoms. The molecule has 0 aromatic heterocycles. The zero-order valence-corrected chi connectivity index (χ0v) is 15.0. The summed E-state index contributed by atoms with van der Waals surface area (Å²) in [6.45, 7) is 0.732. The van der Waals surface area contributed by atoms with Crippen molar-refractivity contribution >= 4 is 27.3 Å². The Labute approximate surface area is 155 Å². The molecule has 1 aromatic rings. The molecule has 0 radical (unpaired) electrons.